The van der Waals surface area contributed by atoms with Crippen molar-refractivity contribution >= 4 is 29.5 Å². The van der Waals surface area contributed by atoms with Crippen LogP contribution in [0.5, 0.6) is 0 Å². The molecule has 2 rings (SSSR count). The molecule has 0 spiro atoms. The highest BCUT2D eigenvalue weighted by Gasteiger charge is 2.23. The zero-order valence-corrected chi connectivity index (χ0v) is 16.6. The average Bonchev–Trinajstić information content (AvgIpc) is 2.61. The van der Waals surface area contributed by atoms with E-state index in [0.717, 1.165) is 31.0 Å². The van der Waals surface area contributed by atoms with E-state index in [0.29, 0.717) is 22.2 Å². The van der Waals surface area contributed by atoms with E-state index in [2.05, 4.69) is 22.5 Å². The number of hydrogen-bond acceptors (Lipinski definition) is 6. The van der Waals surface area contributed by atoms with Crippen molar-refractivity contribution in [3.8, 4) is 6.07 Å². The van der Waals surface area contributed by atoms with Gasteiger partial charge in [0, 0.05) is 17.3 Å². The molecule has 2 N–H and O–H groups in total. The second-order valence-corrected chi connectivity index (χ2v) is 7.78. The summed E-state index contributed by atoms with van der Waals surface area (Å²) in [6.07, 6.45) is 4.26. The average molecular weight is 388 g/mol. The summed E-state index contributed by atoms with van der Waals surface area (Å²) in [5.41, 5.74) is 1.14. The molecule has 3 amide bonds. The lowest BCUT2D eigenvalue weighted by Gasteiger charge is -2.29. The summed E-state index contributed by atoms with van der Waals surface area (Å²) in [6.45, 7) is 5.20. The highest BCUT2D eigenvalue weighted by atomic mass is 32.2. The molecule has 0 aromatic carbocycles. The predicted octanol–water partition coefficient (Wildman–Crippen LogP) is 2.96. The number of imide groups is 1. The van der Waals surface area contributed by atoms with Crippen molar-refractivity contribution in [3.05, 3.63) is 22.9 Å². The fourth-order valence-corrected chi connectivity index (χ4v) is 3.96. The largest absolute Gasteiger partial charge is 0.335 e. The molecule has 1 aromatic rings. The number of Topliss-reactive ketones (excluding diaryl/α,β-unsaturated/α-hetero) is 1. The standard InChI is InChI=1S/C19H24N4O3S/c1-11-6-4-5-7-16(11)22-19(26)23-17(25)10-27-18-14(9-20)8-15(13(3)24)12(2)21-18/h8,11,16H,4-7,10H2,1-3H3,(H2,22,23,25,26). The molecule has 27 heavy (non-hydrogen) atoms. The van der Waals surface area contributed by atoms with Gasteiger partial charge in [-0.3, -0.25) is 14.9 Å². The van der Waals surface area contributed by atoms with Crippen LogP contribution in [-0.4, -0.2) is 34.5 Å². The number of aryl methyl sites for hydroxylation is 1. The third kappa shape index (κ3) is 5.79. The van der Waals surface area contributed by atoms with Gasteiger partial charge in [-0.15, -0.1) is 0 Å². The van der Waals surface area contributed by atoms with Crippen LogP contribution in [0.4, 0.5) is 4.79 Å². The number of nitriles is 1. The maximum absolute atomic E-state index is 12.1. The molecule has 1 aromatic heterocycles. The number of thioether (sulfide) groups is 1. The number of carbonyl (C=O) groups is 3. The molecule has 8 heteroatoms. The minimum Gasteiger partial charge on any atom is -0.335 e. The quantitative estimate of drug-likeness (QED) is 0.592. The van der Waals surface area contributed by atoms with Crippen molar-refractivity contribution in [2.24, 2.45) is 5.92 Å². The molecule has 2 atom stereocenters. The van der Waals surface area contributed by atoms with Gasteiger partial charge in [-0.25, -0.2) is 9.78 Å². The summed E-state index contributed by atoms with van der Waals surface area (Å²) >= 11 is 1.07. The number of nitrogens with zero attached hydrogens (tertiary/aromatic N) is 2. The molecule has 0 radical (unpaired) electrons. The van der Waals surface area contributed by atoms with Crippen molar-refractivity contribution < 1.29 is 14.4 Å². The van der Waals surface area contributed by atoms with E-state index in [1.807, 2.05) is 6.07 Å². The number of nitrogens with one attached hydrogen (secondary N) is 2. The van der Waals surface area contributed by atoms with Crippen molar-refractivity contribution in [1.29, 1.82) is 5.26 Å². The number of hydrogen-bond donors (Lipinski definition) is 2. The molecule has 0 bridgehead atoms. The third-order valence-corrected chi connectivity index (χ3v) is 5.69. The van der Waals surface area contributed by atoms with Crippen molar-refractivity contribution in [3.63, 3.8) is 0 Å². The van der Waals surface area contributed by atoms with E-state index in [4.69, 9.17) is 0 Å². The second kappa shape index (κ2) is 9.51. The minimum atomic E-state index is -0.490. The predicted molar refractivity (Wildman–Crippen MR) is 103 cm³/mol. The Morgan fingerprint density at radius 3 is 2.67 bits per heavy atom. The van der Waals surface area contributed by atoms with Crippen LogP contribution in [0.25, 0.3) is 0 Å². The Kier molecular flexibility index (Phi) is 7.36. The molecule has 2 unspecified atom stereocenters. The molecule has 0 aliphatic heterocycles. The Hall–Kier alpha value is -2.40. The summed E-state index contributed by atoms with van der Waals surface area (Å²) in [7, 11) is 0. The first-order valence-corrected chi connectivity index (χ1v) is 9.96. The van der Waals surface area contributed by atoms with Gasteiger partial charge in [0.05, 0.1) is 11.3 Å². The van der Waals surface area contributed by atoms with Crippen LogP contribution in [0.2, 0.25) is 0 Å². The molecule has 7 nitrogen and oxygen atoms in total. The number of rotatable bonds is 5. The zero-order chi connectivity index (χ0) is 20.0. The Bertz CT molecular complexity index is 788. The van der Waals surface area contributed by atoms with Gasteiger partial charge in [0.15, 0.2) is 5.78 Å². The van der Waals surface area contributed by atoms with E-state index in [1.165, 1.54) is 19.4 Å². The van der Waals surface area contributed by atoms with Crippen molar-refractivity contribution in [2.45, 2.75) is 57.5 Å². The molecule has 0 saturated heterocycles. The van der Waals surface area contributed by atoms with Crippen LogP contribution in [0.3, 0.4) is 0 Å². The molecule has 1 fully saturated rings. The number of amides is 3. The number of ketones is 1. The van der Waals surface area contributed by atoms with Gasteiger partial charge < -0.3 is 5.32 Å². The first-order chi connectivity index (χ1) is 12.8. The molecule has 1 heterocycles. The lowest BCUT2D eigenvalue weighted by Crippen LogP contribution is -2.48. The summed E-state index contributed by atoms with van der Waals surface area (Å²) in [5.74, 6) is -0.271. The highest BCUT2D eigenvalue weighted by Crippen LogP contribution is 2.24. The van der Waals surface area contributed by atoms with Gasteiger partial charge in [0.2, 0.25) is 5.91 Å². The number of carbonyl (C=O) groups excluding carboxylic acids is 3. The third-order valence-electron chi connectivity index (χ3n) is 4.70. The monoisotopic (exact) mass is 388 g/mol. The fourth-order valence-electron chi connectivity index (χ4n) is 3.16. The maximum atomic E-state index is 12.1. The van der Waals surface area contributed by atoms with Gasteiger partial charge in [0.1, 0.15) is 11.1 Å². The van der Waals surface area contributed by atoms with Crippen molar-refractivity contribution in [1.82, 2.24) is 15.6 Å². The van der Waals surface area contributed by atoms with Crippen LogP contribution in [0, 0.1) is 24.2 Å². The van der Waals surface area contributed by atoms with E-state index in [-0.39, 0.29) is 23.1 Å². The molecule has 1 aliphatic rings. The van der Waals surface area contributed by atoms with E-state index < -0.39 is 11.9 Å². The molecular weight excluding hydrogens is 364 g/mol. The second-order valence-electron chi connectivity index (χ2n) is 6.82. The topological polar surface area (TPSA) is 112 Å². The fraction of sp³-hybridized carbons (Fsp3) is 0.526. The van der Waals surface area contributed by atoms with Gasteiger partial charge in [-0.05, 0) is 38.7 Å². The van der Waals surface area contributed by atoms with Gasteiger partial charge >= 0.3 is 6.03 Å². The van der Waals surface area contributed by atoms with Crippen LogP contribution in [0.1, 0.15) is 61.1 Å². The van der Waals surface area contributed by atoms with Crippen LogP contribution in [-0.2, 0) is 4.79 Å². The van der Waals surface area contributed by atoms with Gasteiger partial charge in [-0.1, -0.05) is 31.5 Å². The maximum Gasteiger partial charge on any atom is 0.321 e. The van der Waals surface area contributed by atoms with E-state index in [1.54, 1.807) is 6.92 Å². The minimum absolute atomic E-state index is 0.0474. The molecule has 1 aliphatic carbocycles. The molecule has 1 saturated carbocycles. The van der Waals surface area contributed by atoms with Gasteiger partial charge in [-0.2, -0.15) is 5.26 Å². The summed E-state index contributed by atoms with van der Waals surface area (Å²) in [6, 6.07) is 3.08. The Balaban J connectivity index is 1.91. The first kappa shape index (κ1) is 20.9. The lowest BCUT2D eigenvalue weighted by atomic mass is 9.86. The summed E-state index contributed by atoms with van der Waals surface area (Å²) < 4.78 is 0. The molecular formula is C19H24N4O3S. The van der Waals surface area contributed by atoms with Gasteiger partial charge in [0.25, 0.3) is 0 Å². The van der Waals surface area contributed by atoms with E-state index >= 15 is 0 Å². The zero-order valence-electron chi connectivity index (χ0n) is 15.8. The number of aromatic nitrogens is 1. The SMILES string of the molecule is CC(=O)c1cc(C#N)c(SCC(=O)NC(=O)NC2CCCCC2C)nc1C. The Labute approximate surface area is 163 Å². The number of pyridine rings is 1. The normalized spacial score (nSPS) is 19.0. The smallest absolute Gasteiger partial charge is 0.321 e. The Morgan fingerprint density at radius 1 is 1.33 bits per heavy atom. The first-order valence-electron chi connectivity index (χ1n) is 8.97. The lowest BCUT2D eigenvalue weighted by molar-refractivity contribution is -0.117. The van der Waals surface area contributed by atoms with E-state index in [9.17, 15) is 19.6 Å². The highest BCUT2D eigenvalue weighted by molar-refractivity contribution is 8.00. The number of urea groups is 1. The Morgan fingerprint density at radius 2 is 2.04 bits per heavy atom. The van der Waals surface area contributed by atoms with Crippen LogP contribution < -0.4 is 10.6 Å². The molecule has 144 valence electrons. The van der Waals surface area contributed by atoms with Crippen LogP contribution in [0.15, 0.2) is 11.1 Å². The summed E-state index contributed by atoms with van der Waals surface area (Å²) in [5, 5.41) is 14.8. The summed E-state index contributed by atoms with van der Waals surface area (Å²) in [4.78, 5) is 39.9. The van der Waals surface area contributed by atoms with Crippen molar-refractivity contribution in [2.75, 3.05) is 5.75 Å². The van der Waals surface area contributed by atoms with Crippen LogP contribution >= 0.6 is 11.8 Å².